The fourth-order valence-electron chi connectivity index (χ4n) is 1.92. The minimum atomic E-state index is -3.49. The summed E-state index contributed by atoms with van der Waals surface area (Å²) < 4.78 is 30.7. The van der Waals surface area contributed by atoms with Crippen LogP contribution in [0.1, 0.15) is 27.2 Å². The first kappa shape index (κ1) is 15.4. The summed E-state index contributed by atoms with van der Waals surface area (Å²) >= 11 is 0. The van der Waals surface area contributed by atoms with Gasteiger partial charge in [-0.1, -0.05) is 0 Å². The van der Waals surface area contributed by atoms with Gasteiger partial charge in [-0.05, 0) is 27.2 Å². The number of nitrogens with zero attached hydrogens (tertiary/aromatic N) is 1. The predicted molar refractivity (Wildman–Crippen MR) is 66.8 cm³/mol. The van der Waals surface area contributed by atoms with Crippen LogP contribution in [-0.4, -0.2) is 55.4 Å². The molecule has 6 nitrogen and oxygen atoms in total. The molecule has 7 heteroatoms. The second-order valence-electron chi connectivity index (χ2n) is 5.67. The number of aliphatic carboxylic acids is 1. The second-order valence-corrected chi connectivity index (χ2v) is 7.64. The summed E-state index contributed by atoms with van der Waals surface area (Å²) in [6.45, 7) is 5.25. The van der Waals surface area contributed by atoms with Gasteiger partial charge in [-0.3, -0.25) is 4.79 Å². The van der Waals surface area contributed by atoms with E-state index in [1.807, 2.05) is 0 Å². The third-order valence-electron chi connectivity index (χ3n) is 3.43. The molecular formula is C11H21NO5S. The van der Waals surface area contributed by atoms with Crippen molar-refractivity contribution in [1.29, 1.82) is 0 Å². The fourth-order valence-corrected chi connectivity index (χ4v) is 3.95. The van der Waals surface area contributed by atoms with Crippen LogP contribution in [0.4, 0.5) is 0 Å². The van der Waals surface area contributed by atoms with Gasteiger partial charge in [0, 0.05) is 20.2 Å². The zero-order valence-corrected chi connectivity index (χ0v) is 12.1. The molecule has 0 radical (unpaired) electrons. The molecular weight excluding hydrogens is 258 g/mol. The molecule has 0 aliphatic carbocycles. The van der Waals surface area contributed by atoms with Crippen molar-refractivity contribution >= 4 is 16.0 Å². The van der Waals surface area contributed by atoms with Crippen LogP contribution < -0.4 is 0 Å². The highest BCUT2D eigenvalue weighted by Crippen LogP contribution is 2.32. The van der Waals surface area contributed by atoms with Crippen molar-refractivity contribution in [2.45, 2.75) is 32.8 Å². The Bertz CT molecular complexity index is 431. The van der Waals surface area contributed by atoms with Crippen LogP contribution in [0.5, 0.6) is 0 Å². The van der Waals surface area contributed by atoms with Crippen molar-refractivity contribution in [1.82, 2.24) is 4.31 Å². The molecule has 1 rings (SSSR count). The number of hydrogen-bond donors (Lipinski definition) is 1. The van der Waals surface area contributed by atoms with Gasteiger partial charge in [-0.2, -0.15) is 0 Å². The van der Waals surface area contributed by atoms with Crippen LogP contribution in [-0.2, 0) is 19.6 Å². The van der Waals surface area contributed by atoms with Gasteiger partial charge < -0.3 is 9.84 Å². The first-order valence-electron chi connectivity index (χ1n) is 5.79. The molecule has 1 fully saturated rings. The third kappa shape index (κ3) is 3.21. The number of rotatable bonds is 5. The Hall–Kier alpha value is -0.660. The number of methoxy groups -OCH3 is 1. The Labute approximate surface area is 108 Å². The molecule has 1 heterocycles. The molecule has 0 bridgehead atoms. The molecule has 1 N–H and O–H groups in total. The number of carboxylic acid groups (broad SMARTS) is 1. The topological polar surface area (TPSA) is 83.9 Å². The molecule has 0 aromatic carbocycles. The van der Waals surface area contributed by atoms with E-state index < -0.39 is 27.0 Å². The van der Waals surface area contributed by atoms with Crippen molar-refractivity contribution in [3.63, 3.8) is 0 Å². The van der Waals surface area contributed by atoms with E-state index in [1.54, 1.807) is 20.8 Å². The summed E-state index contributed by atoms with van der Waals surface area (Å²) in [6, 6.07) is 0. The van der Waals surface area contributed by atoms with Gasteiger partial charge in [-0.25, -0.2) is 12.7 Å². The number of hydrogen-bond acceptors (Lipinski definition) is 4. The lowest BCUT2D eigenvalue weighted by atomic mass is 9.90. The van der Waals surface area contributed by atoms with Crippen LogP contribution in [0.15, 0.2) is 0 Å². The van der Waals surface area contributed by atoms with E-state index in [0.29, 0.717) is 6.42 Å². The normalized spacial score (nSPS) is 26.4. The lowest BCUT2D eigenvalue weighted by Gasteiger charge is -2.26. The van der Waals surface area contributed by atoms with E-state index in [-0.39, 0.29) is 18.8 Å². The predicted octanol–water partition coefficient (Wildman–Crippen LogP) is 0.538. The molecule has 0 aromatic heterocycles. The zero-order chi connectivity index (χ0) is 14.2. The van der Waals surface area contributed by atoms with Crippen molar-refractivity contribution < 1.29 is 23.1 Å². The third-order valence-corrected chi connectivity index (χ3v) is 5.59. The highest BCUT2D eigenvalue weighted by Gasteiger charge is 2.45. The molecule has 0 saturated carbocycles. The van der Waals surface area contributed by atoms with Gasteiger partial charge in [0.25, 0.3) is 0 Å². The highest BCUT2D eigenvalue weighted by molar-refractivity contribution is 7.89. The van der Waals surface area contributed by atoms with Crippen molar-refractivity contribution in [2.24, 2.45) is 5.41 Å². The van der Waals surface area contributed by atoms with Crippen molar-refractivity contribution in [2.75, 3.05) is 26.0 Å². The smallest absolute Gasteiger partial charge is 0.310 e. The number of sulfonamides is 1. The van der Waals surface area contributed by atoms with Crippen LogP contribution in [0, 0.1) is 5.41 Å². The molecule has 1 atom stereocenters. The van der Waals surface area contributed by atoms with E-state index in [2.05, 4.69) is 0 Å². The van der Waals surface area contributed by atoms with E-state index in [9.17, 15) is 13.2 Å². The average molecular weight is 279 g/mol. The summed E-state index contributed by atoms with van der Waals surface area (Å²) in [4.78, 5) is 11.1. The molecule has 1 unspecified atom stereocenters. The first-order valence-corrected chi connectivity index (χ1v) is 7.40. The molecule has 0 spiro atoms. The van der Waals surface area contributed by atoms with E-state index in [4.69, 9.17) is 9.84 Å². The molecule has 106 valence electrons. The molecule has 0 aromatic rings. The van der Waals surface area contributed by atoms with E-state index in [0.717, 1.165) is 0 Å². The quantitative estimate of drug-likeness (QED) is 0.794. The van der Waals surface area contributed by atoms with Crippen LogP contribution in [0.25, 0.3) is 0 Å². The molecule has 18 heavy (non-hydrogen) atoms. The van der Waals surface area contributed by atoms with E-state index >= 15 is 0 Å². The molecule has 1 saturated heterocycles. The molecule has 0 amide bonds. The summed E-state index contributed by atoms with van der Waals surface area (Å²) in [5, 5.41) is 9.09. The van der Waals surface area contributed by atoms with E-state index in [1.165, 1.54) is 11.4 Å². The maximum atomic E-state index is 12.2. The zero-order valence-electron chi connectivity index (χ0n) is 11.3. The average Bonchev–Trinajstić information content (AvgIpc) is 2.62. The summed E-state index contributed by atoms with van der Waals surface area (Å²) in [6.07, 6.45) is 0.342. The number of carbonyl (C=O) groups is 1. The Kier molecular flexibility index (Phi) is 4.10. The van der Waals surface area contributed by atoms with Crippen LogP contribution in [0.2, 0.25) is 0 Å². The SMILES string of the molecule is COC(C)(C)CS(=O)(=O)N1CCC(C)(C(=O)O)C1. The molecule has 1 aliphatic rings. The van der Waals surface area contributed by atoms with Crippen molar-refractivity contribution in [3.05, 3.63) is 0 Å². The molecule has 1 aliphatic heterocycles. The standard InChI is InChI=1S/C11H21NO5S/c1-10(2,17-4)8-18(15,16)12-6-5-11(3,7-12)9(13)14/h5-8H2,1-4H3,(H,13,14). The Morgan fingerprint density at radius 3 is 2.44 bits per heavy atom. The number of ether oxygens (including phenoxy) is 1. The minimum Gasteiger partial charge on any atom is -0.481 e. The van der Waals surface area contributed by atoms with Crippen LogP contribution >= 0.6 is 0 Å². The Balaban J connectivity index is 2.82. The maximum absolute atomic E-state index is 12.2. The fraction of sp³-hybridized carbons (Fsp3) is 0.909. The van der Waals surface area contributed by atoms with Gasteiger partial charge in [0.15, 0.2) is 0 Å². The lowest BCUT2D eigenvalue weighted by molar-refractivity contribution is -0.146. The van der Waals surface area contributed by atoms with Gasteiger partial charge in [0.2, 0.25) is 10.0 Å². The summed E-state index contributed by atoms with van der Waals surface area (Å²) in [5.41, 5.74) is -1.76. The second kappa shape index (κ2) is 4.79. The largest absolute Gasteiger partial charge is 0.481 e. The Morgan fingerprint density at radius 2 is 2.06 bits per heavy atom. The van der Waals surface area contributed by atoms with Crippen molar-refractivity contribution in [3.8, 4) is 0 Å². The van der Waals surface area contributed by atoms with Gasteiger partial charge in [0.1, 0.15) is 0 Å². The summed E-state index contributed by atoms with van der Waals surface area (Å²) in [5.74, 6) is -1.10. The first-order chi connectivity index (χ1) is 8.02. The minimum absolute atomic E-state index is 0.0322. The monoisotopic (exact) mass is 279 g/mol. The Morgan fingerprint density at radius 1 is 1.50 bits per heavy atom. The number of carboxylic acids is 1. The maximum Gasteiger partial charge on any atom is 0.310 e. The van der Waals surface area contributed by atoms with Gasteiger partial charge >= 0.3 is 5.97 Å². The van der Waals surface area contributed by atoms with Crippen LogP contribution in [0.3, 0.4) is 0 Å². The highest BCUT2D eigenvalue weighted by atomic mass is 32.2. The van der Waals surface area contributed by atoms with Gasteiger partial charge in [-0.15, -0.1) is 0 Å². The van der Waals surface area contributed by atoms with Gasteiger partial charge in [0.05, 0.1) is 16.8 Å². The lowest BCUT2D eigenvalue weighted by Crippen LogP contribution is -2.42. The summed E-state index contributed by atoms with van der Waals surface area (Å²) in [7, 11) is -2.03.